The van der Waals surface area contributed by atoms with Crippen molar-refractivity contribution in [1.29, 1.82) is 5.26 Å². The lowest BCUT2D eigenvalue weighted by molar-refractivity contribution is -0.144. The predicted octanol–water partition coefficient (Wildman–Crippen LogP) is 0.816. The molecule has 0 aliphatic carbocycles. The normalized spacial score (nSPS) is 12.2. The van der Waals surface area contributed by atoms with E-state index in [9.17, 15) is 35.6 Å². The highest BCUT2D eigenvalue weighted by Gasteiger charge is 2.35. The van der Waals surface area contributed by atoms with Crippen LogP contribution in [0.4, 0.5) is 17.6 Å². The number of hydrogen-bond acceptors (Lipinski definition) is 5. The summed E-state index contributed by atoms with van der Waals surface area (Å²) in [4.78, 5) is 23.7. The Labute approximate surface area is 155 Å². The minimum atomic E-state index is -5.02. The third kappa shape index (κ3) is 3.43. The van der Waals surface area contributed by atoms with Crippen molar-refractivity contribution >= 4 is 10.0 Å². The molecule has 2 rings (SSSR count). The fourth-order valence-corrected chi connectivity index (χ4v) is 3.37. The summed E-state index contributed by atoms with van der Waals surface area (Å²) in [6.45, 7) is 0. The molecule has 0 fully saturated rings. The molecule has 0 unspecified atom stereocenters. The van der Waals surface area contributed by atoms with Crippen molar-refractivity contribution in [3.05, 3.63) is 56.1 Å². The molecule has 0 aliphatic rings. The van der Waals surface area contributed by atoms with Gasteiger partial charge in [0.2, 0.25) is 10.0 Å². The monoisotopic (exact) mass is 420 g/mol. The molecule has 150 valence electrons. The van der Waals surface area contributed by atoms with Crippen LogP contribution in [0.2, 0.25) is 0 Å². The van der Waals surface area contributed by atoms with E-state index < -0.39 is 55.1 Å². The molecular formula is C15H12F4N4O4S. The molecule has 1 aromatic heterocycles. The Morgan fingerprint density at radius 2 is 1.71 bits per heavy atom. The standard InChI is InChI=1S/C15H12F4N4O4S/c1-21(2)28(26,27)11-5-10(9(16)4-8(11)7-20)23-13(24)6-12(15(17,18)19)22(3)14(23)25/h4-6H,1-3H3. The van der Waals surface area contributed by atoms with Gasteiger partial charge >= 0.3 is 11.9 Å². The van der Waals surface area contributed by atoms with Crippen LogP contribution >= 0.6 is 0 Å². The summed E-state index contributed by atoms with van der Waals surface area (Å²) in [5.41, 5.74) is -6.14. The van der Waals surface area contributed by atoms with Gasteiger partial charge in [-0.1, -0.05) is 0 Å². The maximum atomic E-state index is 14.4. The molecule has 1 aromatic carbocycles. The molecule has 0 saturated carbocycles. The molecular weight excluding hydrogens is 408 g/mol. The number of aromatic nitrogens is 2. The van der Waals surface area contributed by atoms with E-state index in [1.54, 1.807) is 0 Å². The summed E-state index contributed by atoms with van der Waals surface area (Å²) in [6.07, 6.45) is -5.02. The summed E-state index contributed by atoms with van der Waals surface area (Å²) in [5, 5.41) is 9.07. The van der Waals surface area contributed by atoms with Gasteiger partial charge in [0.05, 0.1) is 11.3 Å². The van der Waals surface area contributed by atoms with Crippen LogP contribution in [0.25, 0.3) is 5.69 Å². The van der Waals surface area contributed by atoms with Gasteiger partial charge in [-0.05, 0) is 12.1 Å². The van der Waals surface area contributed by atoms with Gasteiger partial charge in [-0.25, -0.2) is 26.5 Å². The topological polar surface area (TPSA) is 105 Å². The minimum Gasteiger partial charge on any atom is -0.292 e. The van der Waals surface area contributed by atoms with Crippen molar-refractivity contribution in [2.45, 2.75) is 11.1 Å². The van der Waals surface area contributed by atoms with Gasteiger partial charge in [0.1, 0.15) is 22.5 Å². The Bertz CT molecular complexity index is 1220. The lowest BCUT2D eigenvalue weighted by atomic mass is 10.2. The summed E-state index contributed by atoms with van der Waals surface area (Å²) in [6, 6.07) is 2.60. The Morgan fingerprint density at radius 1 is 1.14 bits per heavy atom. The zero-order valence-corrected chi connectivity index (χ0v) is 15.4. The Balaban J connectivity index is 2.96. The Hall–Kier alpha value is -2.98. The van der Waals surface area contributed by atoms with Crippen LogP contribution in [0.5, 0.6) is 0 Å². The molecule has 0 radical (unpaired) electrons. The zero-order chi connectivity index (χ0) is 21.6. The third-order valence-electron chi connectivity index (χ3n) is 3.78. The average molecular weight is 420 g/mol. The molecule has 0 N–H and O–H groups in total. The highest BCUT2D eigenvalue weighted by Crippen LogP contribution is 2.27. The van der Waals surface area contributed by atoms with Crippen molar-refractivity contribution < 1.29 is 26.0 Å². The number of halogens is 4. The van der Waals surface area contributed by atoms with E-state index in [0.717, 1.165) is 21.1 Å². The number of benzene rings is 1. The van der Waals surface area contributed by atoms with Gasteiger partial charge in [-0.2, -0.15) is 18.4 Å². The molecule has 1 heterocycles. The Morgan fingerprint density at radius 3 is 2.18 bits per heavy atom. The van der Waals surface area contributed by atoms with Crippen molar-refractivity contribution in [3.63, 3.8) is 0 Å². The molecule has 8 nitrogen and oxygen atoms in total. The smallest absolute Gasteiger partial charge is 0.292 e. The fourth-order valence-electron chi connectivity index (χ4n) is 2.33. The second kappa shape index (κ2) is 6.88. The van der Waals surface area contributed by atoms with Crippen molar-refractivity contribution in [2.24, 2.45) is 7.05 Å². The maximum Gasteiger partial charge on any atom is 0.431 e. The van der Waals surface area contributed by atoms with Crippen molar-refractivity contribution in [3.8, 4) is 11.8 Å². The SMILES string of the molecule is CN(C)S(=O)(=O)c1cc(-n2c(=O)cc(C(F)(F)F)n(C)c2=O)c(F)cc1C#N. The molecule has 0 bridgehead atoms. The molecule has 2 aromatic rings. The number of hydrogen-bond donors (Lipinski definition) is 0. The third-order valence-corrected chi connectivity index (χ3v) is 5.63. The van der Waals surface area contributed by atoms with E-state index in [1.165, 1.54) is 6.07 Å². The molecule has 0 amide bonds. The van der Waals surface area contributed by atoms with Gasteiger partial charge in [-0.3, -0.25) is 9.36 Å². The largest absolute Gasteiger partial charge is 0.431 e. The van der Waals surface area contributed by atoms with Crippen LogP contribution < -0.4 is 11.2 Å². The minimum absolute atomic E-state index is 0.0560. The van der Waals surface area contributed by atoms with Gasteiger partial charge in [0, 0.05) is 27.2 Å². The molecule has 28 heavy (non-hydrogen) atoms. The quantitative estimate of drug-likeness (QED) is 0.684. The molecule has 13 heteroatoms. The van der Waals surface area contributed by atoms with Crippen LogP contribution in [-0.4, -0.2) is 36.0 Å². The lowest BCUT2D eigenvalue weighted by Crippen LogP contribution is -2.41. The molecule has 0 atom stereocenters. The second-order valence-corrected chi connectivity index (χ2v) is 7.86. The molecule has 0 aliphatic heterocycles. The van der Waals surface area contributed by atoms with E-state index in [-0.39, 0.29) is 15.2 Å². The van der Waals surface area contributed by atoms with Gasteiger partial charge in [0.15, 0.2) is 0 Å². The number of rotatable bonds is 3. The maximum absolute atomic E-state index is 14.4. The van der Waals surface area contributed by atoms with Crippen LogP contribution in [0, 0.1) is 17.1 Å². The lowest BCUT2D eigenvalue weighted by Gasteiger charge is -2.16. The first-order valence-electron chi connectivity index (χ1n) is 7.30. The molecule has 0 spiro atoms. The fraction of sp³-hybridized carbons (Fsp3) is 0.267. The van der Waals surface area contributed by atoms with E-state index in [2.05, 4.69) is 0 Å². The number of nitriles is 1. The van der Waals surface area contributed by atoms with Crippen LogP contribution in [-0.2, 0) is 23.2 Å². The van der Waals surface area contributed by atoms with Crippen LogP contribution in [0.3, 0.4) is 0 Å². The van der Waals surface area contributed by atoms with E-state index in [4.69, 9.17) is 5.26 Å². The number of alkyl halides is 3. The molecule has 0 saturated heterocycles. The van der Waals surface area contributed by atoms with Gasteiger partial charge in [0.25, 0.3) is 5.56 Å². The summed E-state index contributed by atoms with van der Waals surface area (Å²) < 4.78 is 78.8. The number of nitrogens with zero attached hydrogens (tertiary/aromatic N) is 4. The van der Waals surface area contributed by atoms with Gasteiger partial charge in [-0.15, -0.1) is 0 Å². The van der Waals surface area contributed by atoms with Crippen LogP contribution in [0.1, 0.15) is 11.3 Å². The predicted molar refractivity (Wildman–Crippen MR) is 87.8 cm³/mol. The zero-order valence-electron chi connectivity index (χ0n) is 14.6. The first-order chi connectivity index (χ1) is 12.7. The van der Waals surface area contributed by atoms with E-state index in [0.29, 0.717) is 16.4 Å². The van der Waals surface area contributed by atoms with E-state index in [1.807, 2.05) is 0 Å². The number of sulfonamides is 1. The van der Waals surface area contributed by atoms with Crippen molar-refractivity contribution in [2.75, 3.05) is 14.1 Å². The highest BCUT2D eigenvalue weighted by molar-refractivity contribution is 7.89. The summed E-state index contributed by atoms with van der Waals surface area (Å²) >= 11 is 0. The van der Waals surface area contributed by atoms with Gasteiger partial charge < -0.3 is 0 Å². The average Bonchev–Trinajstić information content (AvgIpc) is 2.57. The van der Waals surface area contributed by atoms with E-state index >= 15 is 0 Å². The summed E-state index contributed by atoms with van der Waals surface area (Å²) in [5.74, 6) is -1.34. The van der Waals surface area contributed by atoms with Crippen molar-refractivity contribution in [1.82, 2.24) is 13.4 Å². The Kier molecular flexibility index (Phi) is 5.24. The first-order valence-corrected chi connectivity index (χ1v) is 8.74. The van der Waals surface area contributed by atoms with Crippen LogP contribution in [0.15, 0.2) is 32.7 Å². The highest BCUT2D eigenvalue weighted by atomic mass is 32.2. The summed E-state index contributed by atoms with van der Waals surface area (Å²) in [7, 11) is -1.32. The second-order valence-electron chi connectivity index (χ2n) is 5.74. The first kappa shape index (κ1) is 21.3.